The number of primary sulfonamides is 1. The summed E-state index contributed by atoms with van der Waals surface area (Å²) in [6.07, 6.45) is 1.24. The third kappa shape index (κ3) is 5.66. The topological polar surface area (TPSA) is 162 Å². The van der Waals surface area contributed by atoms with E-state index < -0.39 is 21.9 Å². The molecule has 10 heteroatoms. The van der Waals surface area contributed by atoms with Crippen LogP contribution >= 0.6 is 0 Å². The lowest BCUT2D eigenvalue weighted by atomic mass is 10.1. The second kappa shape index (κ2) is 8.81. The number of aromatic carboxylic acids is 1. The van der Waals surface area contributed by atoms with Gasteiger partial charge in [0.05, 0.1) is 10.5 Å². The van der Waals surface area contributed by atoms with E-state index in [0.29, 0.717) is 5.69 Å². The number of hydrogen-bond donors (Lipinski definition) is 4. The van der Waals surface area contributed by atoms with E-state index in [4.69, 9.17) is 15.5 Å². The van der Waals surface area contributed by atoms with Crippen molar-refractivity contribution in [2.45, 2.75) is 11.4 Å². The summed E-state index contributed by atoms with van der Waals surface area (Å²) in [6, 6.07) is 13.1. The minimum Gasteiger partial charge on any atom is -0.478 e. The Morgan fingerprint density at radius 3 is 2.21 bits per heavy atom. The number of rotatable bonds is 7. The molecule has 0 aromatic heterocycles. The summed E-state index contributed by atoms with van der Waals surface area (Å²) in [7, 11) is -3.83. The molecule has 2 aromatic rings. The highest BCUT2D eigenvalue weighted by atomic mass is 32.2. The standard InChI is InChI=1S/C18H16N4O5S/c19-9-14(11-21-10-12-1-3-13(4-2-12)18(24)25)17(23)22-15-5-7-16(8-6-15)28(20,26)27/h1-8,11,21H,10H2,(H,22,23)(H,24,25)(H2,20,26,27)/b14-11-. The van der Waals surface area contributed by atoms with Crippen molar-refractivity contribution >= 4 is 27.6 Å². The Bertz CT molecular complexity index is 1050. The smallest absolute Gasteiger partial charge is 0.335 e. The molecule has 0 atom stereocenters. The molecular formula is C18H16N4O5S. The van der Waals surface area contributed by atoms with Crippen molar-refractivity contribution in [2.24, 2.45) is 5.14 Å². The molecule has 0 radical (unpaired) electrons. The summed E-state index contributed by atoms with van der Waals surface area (Å²) >= 11 is 0. The monoisotopic (exact) mass is 400 g/mol. The van der Waals surface area contributed by atoms with Gasteiger partial charge in [-0.05, 0) is 42.0 Å². The molecule has 28 heavy (non-hydrogen) atoms. The number of carbonyl (C=O) groups excluding carboxylic acids is 1. The summed E-state index contributed by atoms with van der Waals surface area (Å²) < 4.78 is 22.4. The Kier molecular flexibility index (Phi) is 6.49. The number of hydrogen-bond acceptors (Lipinski definition) is 6. The summed E-state index contributed by atoms with van der Waals surface area (Å²) in [5, 5.41) is 28.3. The molecule has 0 fully saturated rings. The summed E-state index contributed by atoms with van der Waals surface area (Å²) in [6.45, 7) is 0.279. The van der Waals surface area contributed by atoms with Gasteiger partial charge in [0.1, 0.15) is 11.6 Å². The van der Waals surface area contributed by atoms with Gasteiger partial charge in [-0.1, -0.05) is 12.1 Å². The number of amides is 1. The van der Waals surface area contributed by atoms with Gasteiger partial charge in [0.2, 0.25) is 10.0 Å². The quantitative estimate of drug-likeness (QED) is 0.400. The van der Waals surface area contributed by atoms with Crippen molar-refractivity contribution in [3.63, 3.8) is 0 Å². The molecule has 0 unspecified atom stereocenters. The minimum absolute atomic E-state index is 0.0999. The normalized spacial score (nSPS) is 11.4. The third-order valence-corrected chi connectivity index (χ3v) is 4.49. The fourth-order valence-corrected chi connectivity index (χ4v) is 2.63. The zero-order chi connectivity index (χ0) is 20.7. The minimum atomic E-state index is -3.83. The summed E-state index contributed by atoms with van der Waals surface area (Å²) in [5.74, 6) is -1.71. The number of nitrogens with two attached hydrogens (primary N) is 1. The molecular weight excluding hydrogens is 384 g/mol. The van der Waals surface area contributed by atoms with E-state index in [1.807, 2.05) is 0 Å². The van der Waals surface area contributed by atoms with Crippen LogP contribution in [-0.2, 0) is 21.4 Å². The first-order chi connectivity index (χ1) is 13.2. The van der Waals surface area contributed by atoms with Crippen LogP contribution in [0.2, 0.25) is 0 Å². The Labute approximate surface area is 161 Å². The number of nitrogens with one attached hydrogen (secondary N) is 2. The van der Waals surface area contributed by atoms with Gasteiger partial charge >= 0.3 is 5.97 Å². The van der Waals surface area contributed by atoms with E-state index >= 15 is 0 Å². The van der Waals surface area contributed by atoms with Crippen LogP contribution in [0.25, 0.3) is 0 Å². The molecule has 0 saturated carbocycles. The second-order valence-corrected chi connectivity index (χ2v) is 7.14. The van der Waals surface area contributed by atoms with Crippen LogP contribution in [0, 0.1) is 11.3 Å². The number of benzene rings is 2. The zero-order valence-corrected chi connectivity index (χ0v) is 15.2. The predicted octanol–water partition coefficient (Wildman–Crippen LogP) is 1.17. The molecule has 1 amide bonds. The van der Waals surface area contributed by atoms with E-state index in [1.54, 1.807) is 18.2 Å². The maximum Gasteiger partial charge on any atom is 0.335 e. The van der Waals surface area contributed by atoms with Crippen molar-refractivity contribution in [2.75, 3.05) is 5.32 Å². The fourth-order valence-electron chi connectivity index (χ4n) is 2.11. The van der Waals surface area contributed by atoms with Crippen molar-refractivity contribution in [1.82, 2.24) is 5.32 Å². The molecule has 5 N–H and O–H groups in total. The van der Waals surface area contributed by atoms with E-state index in [1.165, 1.54) is 42.6 Å². The maximum atomic E-state index is 12.1. The van der Waals surface area contributed by atoms with E-state index in [-0.39, 0.29) is 22.6 Å². The first kappa shape index (κ1) is 20.6. The third-order valence-electron chi connectivity index (χ3n) is 3.56. The number of nitrogens with zero attached hydrogens (tertiary/aromatic N) is 1. The van der Waals surface area contributed by atoms with Crippen LogP contribution in [-0.4, -0.2) is 25.4 Å². The number of anilines is 1. The van der Waals surface area contributed by atoms with Crippen LogP contribution in [0.15, 0.2) is 65.2 Å². The molecule has 0 aliphatic carbocycles. The van der Waals surface area contributed by atoms with Gasteiger partial charge in [-0.25, -0.2) is 18.4 Å². The van der Waals surface area contributed by atoms with Crippen molar-refractivity contribution in [1.29, 1.82) is 5.26 Å². The number of carboxylic acid groups (broad SMARTS) is 1. The number of carboxylic acids is 1. The molecule has 2 aromatic carbocycles. The Balaban J connectivity index is 1.98. The van der Waals surface area contributed by atoms with Crippen LogP contribution in [0.5, 0.6) is 0 Å². The van der Waals surface area contributed by atoms with Gasteiger partial charge in [-0.3, -0.25) is 4.79 Å². The van der Waals surface area contributed by atoms with Gasteiger partial charge in [0.15, 0.2) is 0 Å². The highest BCUT2D eigenvalue weighted by molar-refractivity contribution is 7.89. The van der Waals surface area contributed by atoms with Gasteiger partial charge in [0.25, 0.3) is 5.91 Å². The zero-order valence-electron chi connectivity index (χ0n) is 14.4. The van der Waals surface area contributed by atoms with Crippen molar-refractivity contribution in [3.8, 4) is 6.07 Å². The van der Waals surface area contributed by atoms with Crippen LogP contribution < -0.4 is 15.8 Å². The molecule has 0 bridgehead atoms. The molecule has 0 aliphatic rings. The first-order valence-corrected chi connectivity index (χ1v) is 9.35. The molecule has 144 valence electrons. The second-order valence-electron chi connectivity index (χ2n) is 5.58. The van der Waals surface area contributed by atoms with Gasteiger partial charge in [-0.15, -0.1) is 0 Å². The Morgan fingerprint density at radius 2 is 1.71 bits per heavy atom. The Morgan fingerprint density at radius 1 is 1.11 bits per heavy atom. The van der Waals surface area contributed by atoms with Gasteiger partial charge < -0.3 is 15.7 Å². The lowest BCUT2D eigenvalue weighted by molar-refractivity contribution is -0.112. The molecule has 9 nitrogen and oxygen atoms in total. The van der Waals surface area contributed by atoms with Crippen molar-refractivity contribution < 1.29 is 23.1 Å². The lowest BCUT2D eigenvalue weighted by Crippen LogP contribution is -2.17. The summed E-state index contributed by atoms with van der Waals surface area (Å²) in [4.78, 5) is 22.8. The molecule has 0 heterocycles. The SMILES string of the molecule is N#C/C(=C/NCc1ccc(C(=O)O)cc1)C(=O)Nc1ccc(S(N)(=O)=O)cc1. The fraction of sp³-hybridized carbons (Fsp3) is 0.0556. The molecule has 0 spiro atoms. The van der Waals surface area contributed by atoms with E-state index in [9.17, 15) is 18.0 Å². The molecule has 0 aliphatic heterocycles. The highest BCUT2D eigenvalue weighted by Crippen LogP contribution is 2.13. The number of nitriles is 1. The number of carbonyl (C=O) groups is 2. The Hall–Kier alpha value is -3.68. The lowest BCUT2D eigenvalue weighted by Gasteiger charge is -2.06. The van der Waals surface area contributed by atoms with Crippen LogP contribution in [0.4, 0.5) is 5.69 Å². The summed E-state index contributed by atoms with van der Waals surface area (Å²) in [5.41, 5.74) is 1.02. The molecule has 0 saturated heterocycles. The van der Waals surface area contributed by atoms with Gasteiger partial charge in [-0.2, -0.15) is 5.26 Å². The first-order valence-electron chi connectivity index (χ1n) is 7.81. The number of sulfonamides is 1. The predicted molar refractivity (Wildman–Crippen MR) is 100 cm³/mol. The highest BCUT2D eigenvalue weighted by Gasteiger charge is 2.11. The molecule has 2 rings (SSSR count). The van der Waals surface area contributed by atoms with E-state index in [2.05, 4.69) is 10.6 Å². The van der Waals surface area contributed by atoms with Gasteiger partial charge in [0, 0.05) is 18.4 Å². The van der Waals surface area contributed by atoms with E-state index in [0.717, 1.165) is 5.56 Å². The average Bonchev–Trinajstić information content (AvgIpc) is 2.65. The van der Waals surface area contributed by atoms with Crippen LogP contribution in [0.1, 0.15) is 15.9 Å². The van der Waals surface area contributed by atoms with Crippen LogP contribution in [0.3, 0.4) is 0 Å². The largest absolute Gasteiger partial charge is 0.478 e. The average molecular weight is 400 g/mol. The van der Waals surface area contributed by atoms with Crippen molar-refractivity contribution in [3.05, 3.63) is 71.4 Å². The maximum absolute atomic E-state index is 12.1.